The van der Waals surface area contributed by atoms with Crippen molar-refractivity contribution in [3.05, 3.63) is 52.0 Å². The molecule has 0 aromatic carbocycles. The summed E-state index contributed by atoms with van der Waals surface area (Å²) in [5, 5.41) is 5.70. The summed E-state index contributed by atoms with van der Waals surface area (Å²) in [5.41, 5.74) is 2.53. The molecule has 90 valence electrons. The van der Waals surface area contributed by atoms with Gasteiger partial charge in [0.1, 0.15) is 0 Å². The molecule has 0 saturated carbocycles. The maximum Gasteiger partial charge on any atom is 0.0416 e. The van der Waals surface area contributed by atoms with E-state index in [0.29, 0.717) is 6.04 Å². The number of aromatic nitrogens is 1. The van der Waals surface area contributed by atoms with Gasteiger partial charge in [0, 0.05) is 35.8 Å². The van der Waals surface area contributed by atoms with Crippen LogP contribution in [-0.4, -0.2) is 11.5 Å². The fourth-order valence-electron chi connectivity index (χ4n) is 1.88. The van der Waals surface area contributed by atoms with E-state index < -0.39 is 0 Å². The summed E-state index contributed by atoms with van der Waals surface area (Å²) < 4.78 is 0. The minimum atomic E-state index is 0.429. The van der Waals surface area contributed by atoms with Crippen LogP contribution in [0.2, 0.25) is 0 Å². The van der Waals surface area contributed by atoms with Gasteiger partial charge in [-0.3, -0.25) is 4.98 Å². The zero-order valence-corrected chi connectivity index (χ0v) is 11.1. The Morgan fingerprint density at radius 1 is 1.35 bits per heavy atom. The molecule has 2 nitrogen and oxygen atoms in total. The molecule has 0 fully saturated rings. The summed E-state index contributed by atoms with van der Waals surface area (Å²) in [6.07, 6.45) is 2.83. The van der Waals surface area contributed by atoms with Gasteiger partial charge in [0.15, 0.2) is 0 Å². The highest BCUT2D eigenvalue weighted by Crippen LogP contribution is 2.23. The summed E-state index contributed by atoms with van der Waals surface area (Å²) in [6.45, 7) is 5.36. The SMILES string of the molecule is Cc1ccsc1C(C)NCCc1ccccn1. The number of nitrogens with zero attached hydrogens (tertiary/aromatic N) is 1. The van der Waals surface area contributed by atoms with Gasteiger partial charge < -0.3 is 5.32 Å². The number of hydrogen-bond acceptors (Lipinski definition) is 3. The van der Waals surface area contributed by atoms with Crippen LogP contribution in [0.3, 0.4) is 0 Å². The third kappa shape index (κ3) is 3.38. The highest BCUT2D eigenvalue weighted by molar-refractivity contribution is 7.10. The van der Waals surface area contributed by atoms with E-state index in [-0.39, 0.29) is 0 Å². The minimum absolute atomic E-state index is 0.429. The number of hydrogen-bond donors (Lipinski definition) is 1. The van der Waals surface area contributed by atoms with Gasteiger partial charge in [-0.25, -0.2) is 0 Å². The van der Waals surface area contributed by atoms with Crippen molar-refractivity contribution in [3.63, 3.8) is 0 Å². The first-order valence-electron chi connectivity index (χ1n) is 5.94. The molecule has 2 aromatic rings. The fourth-order valence-corrected chi connectivity index (χ4v) is 2.84. The Kier molecular flexibility index (Phi) is 4.29. The summed E-state index contributed by atoms with van der Waals surface area (Å²) in [7, 11) is 0. The van der Waals surface area contributed by atoms with E-state index in [1.165, 1.54) is 10.4 Å². The quantitative estimate of drug-likeness (QED) is 0.875. The van der Waals surface area contributed by atoms with Crippen molar-refractivity contribution >= 4 is 11.3 Å². The highest BCUT2D eigenvalue weighted by atomic mass is 32.1. The maximum atomic E-state index is 4.32. The molecular formula is C14H18N2S. The van der Waals surface area contributed by atoms with Crippen molar-refractivity contribution in [1.82, 2.24) is 10.3 Å². The Morgan fingerprint density at radius 2 is 2.24 bits per heavy atom. The Morgan fingerprint density at radius 3 is 2.88 bits per heavy atom. The Hall–Kier alpha value is -1.19. The van der Waals surface area contributed by atoms with Crippen LogP contribution in [0.1, 0.15) is 29.1 Å². The molecular weight excluding hydrogens is 228 g/mol. The van der Waals surface area contributed by atoms with Gasteiger partial charge in [-0.1, -0.05) is 6.07 Å². The third-order valence-corrected chi connectivity index (χ3v) is 4.05. The predicted octanol–water partition coefficient (Wildman–Crippen LogP) is 3.34. The number of rotatable bonds is 5. The second-order valence-corrected chi connectivity index (χ2v) is 5.16. The van der Waals surface area contributed by atoms with Crippen molar-refractivity contribution < 1.29 is 0 Å². The molecule has 0 spiro atoms. The Bertz CT molecular complexity index is 450. The lowest BCUT2D eigenvalue weighted by atomic mass is 10.2. The van der Waals surface area contributed by atoms with E-state index in [4.69, 9.17) is 0 Å². The van der Waals surface area contributed by atoms with E-state index in [1.807, 2.05) is 29.7 Å². The summed E-state index contributed by atoms with van der Waals surface area (Å²) in [4.78, 5) is 5.75. The van der Waals surface area contributed by atoms with Crippen molar-refractivity contribution in [1.29, 1.82) is 0 Å². The summed E-state index contributed by atoms with van der Waals surface area (Å²) in [6, 6.07) is 8.67. The average molecular weight is 246 g/mol. The third-order valence-electron chi connectivity index (χ3n) is 2.85. The van der Waals surface area contributed by atoms with E-state index in [0.717, 1.165) is 18.7 Å². The molecule has 2 rings (SSSR count). The van der Waals surface area contributed by atoms with Gasteiger partial charge in [-0.15, -0.1) is 11.3 Å². The molecule has 0 amide bonds. The van der Waals surface area contributed by atoms with Crippen LogP contribution >= 0.6 is 11.3 Å². The lowest BCUT2D eigenvalue weighted by molar-refractivity contribution is 0.579. The molecule has 1 atom stereocenters. The first-order valence-corrected chi connectivity index (χ1v) is 6.82. The zero-order valence-electron chi connectivity index (χ0n) is 10.3. The molecule has 0 aliphatic rings. The van der Waals surface area contributed by atoms with Crippen LogP contribution in [0.15, 0.2) is 35.8 Å². The van der Waals surface area contributed by atoms with Crippen LogP contribution in [0.25, 0.3) is 0 Å². The number of thiophene rings is 1. The second-order valence-electron chi connectivity index (χ2n) is 4.21. The fraction of sp³-hybridized carbons (Fsp3) is 0.357. The molecule has 2 heterocycles. The van der Waals surface area contributed by atoms with Gasteiger partial charge in [0.25, 0.3) is 0 Å². The monoisotopic (exact) mass is 246 g/mol. The van der Waals surface area contributed by atoms with Crippen molar-refractivity contribution in [2.45, 2.75) is 26.3 Å². The second kappa shape index (κ2) is 5.94. The predicted molar refractivity (Wildman–Crippen MR) is 73.4 cm³/mol. The number of pyridine rings is 1. The molecule has 0 saturated heterocycles. The van der Waals surface area contributed by atoms with Gasteiger partial charge in [0.2, 0.25) is 0 Å². The van der Waals surface area contributed by atoms with Crippen molar-refractivity contribution in [3.8, 4) is 0 Å². The van der Waals surface area contributed by atoms with Crippen LogP contribution < -0.4 is 5.32 Å². The van der Waals surface area contributed by atoms with Crippen LogP contribution in [0, 0.1) is 6.92 Å². The van der Waals surface area contributed by atoms with E-state index in [9.17, 15) is 0 Å². The van der Waals surface area contributed by atoms with Crippen LogP contribution in [0.5, 0.6) is 0 Å². The highest BCUT2D eigenvalue weighted by Gasteiger charge is 2.08. The maximum absolute atomic E-state index is 4.32. The van der Waals surface area contributed by atoms with E-state index >= 15 is 0 Å². The summed E-state index contributed by atoms with van der Waals surface area (Å²) in [5.74, 6) is 0. The Labute approximate surface area is 107 Å². The first-order chi connectivity index (χ1) is 8.27. The lowest BCUT2D eigenvalue weighted by Crippen LogP contribution is -2.21. The molecule has 1 N–H and O–H groups in total. The number of aryl methyl sites for hydroxylation is 1. The minimum Gasteiger partial charge on any atom is -0.309 e. The van der Waals surface area contributed by atoms with E-state index in [1.54, 1.807) is 0 Å². The van der Waals surface area contributed by atoms with Crippen LogP contribution in [-0.2, 0) is 6.42 Å². The van der Waals surface area contributed by atoms with Gasteiger partial charge in [-0.05, 0) is 43.0 Å². The molecule has 3 heteroatoms. The zero-order chi connectivity index (χ0) is 12.1. The first kappa shape index (κ1) is 12.3. The normalized spacial score (nSPS) is 12.6. The summed E-state index contributed by atoms with van der Waals surface area (Å²) >= 11 is 1.83. The average Bonchev–Trinajstić information content (AvgIpc) is 2.77. The topological polar surface area (TPSA) is 24.9 Å². The molecule has 0 radical (unpaired) electrons. The smallest absolute Gasteiger partial charge is 0.0416 e. The van der Waals surface area contributed by atoms with E-state index in [2.05, 4.69) is 41.7 Å². The standard InChI is InChI=1S/C14H18N2S/c1-11-7-10-17-14(11)12(2)15-9-6-13-5-3-4-8-16-13/h3-5,7-8,10,12,15H,6,9H2,1-2H3. The van der Waals surface area contributed by atoms with Gasteiger partial charge >= 0.3 is 0 Å². The lowest BCUT2D eigenvalue weighted by Gasteiger charge is -2.13. The van der Waals surface area contributed by atoms with Gasteiger partial charge in [0.05, 0.1) is 0 Å². The molecule has 1 unspecified atom stereocenters. The van der Waals surface area contributed by atoms with Crippen molar-refractivity contribution in [2.75, 3.05) is 6.54 Å². The number of nitrogens with one attached hydrogen (secondary N) is 1. The largest absolute Gasteiger partial charge is 0.309 e. The molecule has 17 heavy (non-hydrogen) atoms. The van der Waals surface area contributed by atoms with Crippen molar-refractivity contribution in [2.24, 2.45) is 0 Å². The molecule has 2 aromatic heterocycles. The molecule has 0 aliphatic heterocycles. The van der Waals surface area contributed by atoms with Crippen LogP contribution in [0.4, 0.5) is 0 Å². The molecule has 0 aliphatic carbocycles. The van der Waals surface area contributed by atoms with Gasteiger partial charge in [-0.2, -0.15) is 0 Å². The molecule has 0 bridgehead atoms. The Balaban J connectivity index is 1.81.